The van der Waals surface area contributed by atoms with E-state index < -0.39 is 18.5 Å². The van der Waals surface area contributed by atoms with Crippen molar-refractivity contribution in [1.82, 2.24) is 0 Å². The highest BCUT2D eigenvalue weighted by Gasteiger charge is 2.13. The predicted molar refractivity (Wildman–Crippen MR) is 96.1 cm³/mol. The molecule has 0 unspecified atom stereocenters. The highest BCUT2D eigenvalue weighted by Crippen LogP contribution is 2.28. The van der Waals surface area contributed by atoms with Crippen molar-refractivity contribution in [2.45, 2.75) is 6.92 Å². The lowest BCUT2D eigenvalue weighted by molar-refractivity contribution is -0.119. The number of rotatable bonds is 8. The van der Waals surface area contributed by atoms with Crippen LogP contribution in [0.25, 0.3) is 0 Å². The van der Waals surface area contributed by atoms with Gasteiger partial charge in [-0.1, -0.05) is 0 Å². The minimum absolute atomic E-state index is 0.336. The average molecular weight is 359 g/mol. The molecule has 0 fully saturated rings. The molecular weight excluding hydrogens is 338 g/mol. The van der Waals surface area contributed by atoms with E-state index in [-0.39, 0.29) is 0 Å². The molecule has 0 aliphatic heterocycles. The van der Waals surface area contributed by atoms with Gasteiger partial charge < -0.3 is 24.3 Å². The number of methoxy groups -OCH3 is 2. The van der Waals surface area contributed by atoms with Gasteiger partial charge in [-0.05, 0) is 43.3 Å². The van der Waals surface area contributed by atoms with Gasteiger partial charge in [-0.25, -0.2) is 4.79 Å². The van der Waals surface area contributed by atoms with Gasteiger partial charge in [-0.15, -0.1) is 0 Å². The fourth-order valence-corrected chi connectivity index (χ4v) is 2.16. The standard InChI is InChI=1S/C19H21NO6/c1-4-25-14-7-5-13(6-8-14)19(22)26-12-18(21)20-16-10-9-15(23-2)11-17(16)24-3/h5-11H,4,12H2,1-3H3,(H,20,21). The number of nitrogens with one attached hydrogen (secondary N) is 1. The number of esters is 1. The number of hydrogen-bond donors (Lipinski definition) is 1. The van der Waals surface area contributed by atoms with Crippen LogP contribution in [0.1, 0.15) is 17.3 Å². The van der Waals surface area contributed by atoms with E-state index in [1.165, 1.54) is 14.2 Å². The van der Waals surface area contributed by atoms with E-state index in [1.54, 1.807) is 42.5 Å². The van der Waals surface area contributed by atoms with Crippen molar-refractivity contribution in [2.24, 2.45) is 0 Å². The fraction of sp³-hybridized carbons (Fsp3) is 0.263. The molecule has 0 saturated carbocycles. The largest absolute Gasteiger partial charge is 0.497 e. The second-order valence-corrected chi connectivity index (χ2v) is 5.15. The third-order valence-electron chi connectivity index (χ3n) is 3.42. The summed E-state index contributed by atoms with van der Waals surface area (Å²) in [4.78, 5) is 24.0. The Balaban J connectivity index is 1.91. The average Bonchev–Trinajstić information content (AvgIpc) is 2.67. The molecule has 0 radical (unpaired) electrons. The maximum atomic E-state index is 12.0. The Hall–Kier alpha value is -3.22. The normalized spacial score (nSPS) is 9.96. The quantitative estimate of drug-likeness (QED) is 0.730. The van der Waals surface area contributed by atoms with Crippen LogP contribution in [0.4, 0.5) is 5.69 Å². The molecule has 0 aromatic heterocycles. The molecule has 0 spiro atoms. The molecular formula is C19H21NO6. The molecule has 0 saturated heterocycles. The number of amides is 1. The molecule has 0 aliphatic rings. The van der Waals surface area contributed by atoms with E-state index in [4.69, 9.17) is 18.9 Å². The zero-order valence-corrected chi connectivity index (χ0v) is 14.9. The smallest absolute Gasteiger partial charge is 0.338 e. The molecule has 0 aliphatic carbocycles. The van der Waals surface area contributed by atoms with E-state index >= 15 is 0 Å². The summed E-state index contributed by atoms with van der Waals surface area (Å²) in [6.07, 6.45) is 0. The van der Waals surface area contributed by atoms with Gasteiger partial charge in [0.15, 0.2) is 6.61 Å². The van der Waals surface area contributed by atoms with Crippen LogP contribution in [0.5, 0.6) is 17.2 Å². The van der Waals surface area contributed by atoms with E-state index in [0.717, 1.165) is 0 Å². The number of carbonyl (C=O) groups excluding carboxylic acids is 2. The maximum Gasteiger partial charge on any atom is 0.338 e. The Morgan fingerprint density at radius 1 is 0.962 bits per heavy atom. The van der Waals surface area contributed by atoms with Crippen LogP contribution in [-0.2, 0) is 9.53 Å². The van der Waals surface area contributed by atoms with Crippen molar-refractivity contribution < 1.29 is 28.5 Å². The molecule has 7 heteroatoms. The highest BCUT2D eigenvalue weighted by molar-refractivity contribution is 5.96. The number of ether oxygens (including phenoxy) is 4. The van der Waals surface area contributed by atoms with Gasteiger partial charge in [0, 0.05) is 6.07 Å². The molecule has 1 amide bonds. The summed E-state index contributed by atoms with van der Waals surface area (Å²) in [7, 11) is 3.02. The molecule has 0 bridgehead atoms. The minimum Gasteiger partial charge on any atom is -0.497 e. The number of carbonyl (C=O) groups is 2. The summed E-state index contributed by atoms with van der Waals surface area (Å²) in [5.74, 6) is 0.628. The first-order chi connectivity index (χ1) is 12.6. The molecule has 2 aromatic rings. The number of benzene rings is 2. The monoisotopic (exact) mass is 359 g/mol. The third-order valence-corrected chi connectivity index (χ3v) is 3.42. The summed E-state index contributed by atoms with van der Waals surface area (Å²) in [5, 5.41) is 2.63. The van der Waals surface area contributed by atoms with E-state index in [0.29, 0.717) is 35.1 Å². The van der Waals surface area contributed by atoms with Gasteiger partial charge in [0.2, 0.25) is 0 Å². The van der Waals surface area contributed by atoms with Crippen LogP contribution in [0.15, 0.2) is 42.5 Å². The van der Waals surface area contributed by atoms with Crippen molar-refractivity contribution in [3.05, 3.63) is 48.0 Å². The third kappa shape index (κ3) is 5.14. The van der Waals surface area contributed by atoms with Gasteiger partial charge in [0.25, 0.3) is 5.91 Å². The Morgan fingerprint density at radius 2 is 1.65 bits per heavy atom. The van der Waals surface area contributed by atoms with Gasteiger partial charge in [0.05, 0.1) is 32.1 Å². The first-order valence-corrected chi connectivity index (χ1v) is 7.99. The van der Waals surface area contributed by atoms with Crippen molar-refractivity contribution in [3.8, 4) is 17.2 Å². The summed E-state index contributed by atoms with van der Waals surface area (Å²) >= 11 is 0. The maximum absolute atomic E-state index is 12.0. The van der Waals surface area contributed by atoms with Gasteiger partial charge in [-0.3, -0.25) is 4.79 Å². The highest BCUT2D eigenvalue weighted by atomic mass is 16.5. The summed E-state index contributed by atoms with van der Waals surface area (Å²) in [6.45, 7) is 2.00. The molecule has 7 nitrogen and oxygen atoms in total. The van der Waals surface area contributed by atoms with E-state index in [1.807, 2.05) is 6.92 Å². The second kappa shape index (κ2) is 9.31. The molecule has 1 N–H and O–H groups in total. The molecule has 138 valence electrons. The van der Waals surface area contributed by atoms with Crippen molar-refractivity contribution in [1.29, 1.82) is 0 Å². The van der Waals surface area contributed by atoms with Crippen molar-refractivity contribution in [3.63, 3.8) is 0 Å². The van der Waals surface area contributed by atoms with E-state index in [9.17, 15) is 9.59 Å². The van der Waals surface area contributed by atoms with Crippen LogP contribution in [0.3, 0.4) is 0 Å². The Morgan fingerprint density at radius 3 is 2.27 bits per heavy atom. The second-order valence-electron chi connectivity index (χ2n) is 5.15. The number of anilines is 1. The predicted octanol–water partition coefficient (Wildman–Crippen LogP) is 2.90. The molecule has 26 heavy (non-hydrogen) atoms. The van der Waals surface area contributed by atoms with Crippen LogP contribution in [0.2, 0.25) is 0 Å². The van der Waals surface area contributed by atoms with Gasteiger partial charge >= 0.3 is 5.97 Å². The number of hydrogen-bond acceptors (Lipinski definition) is 6. The summed E-state index contributed by atoms with van der Waals surface area (Å²) in [5.41, 5.74) is 0.790. The molecule has 2 rings (SSSR count). The van der Waals surface area contributed by atoms with Crippen LogP contribution < -0.4 is 19.5 Å². The van der Waals surface area contributed by atoms with Crippen molar-refractivity contribution >= 4 is 17.6 Å². The Labute approximate surface area is 151 Å². The summed E-state index contributed by atoms with van der Waals surface area (Å²) in [6, 6.07) is 11.5. The van der Waals surface area contributed by atoms with Gasteiger partial charge in [0.1, 0.15) is 17.2 Å². The van der Waals surface area contributed by atoms with Crippen LogP contribution in [-0.4, -0.2) is 39.3 Å². The van der Waals surface area contributed by atoms with Gasteiger partial charge in [-0.2, -0.15) is 0 Å². The SMILES string of the molecule is CCOc1ccc(C(=O)OCC(=O)Nc2ccc(OC)cc2OC)cc1. The topological polar surface area (TPSA) is 83.1 Å². The Bertz CT molecular complexity index is 757. The van der Waals surface area contributed by atoms with Crippen molar-refractivity contribution in [2.75, 3.05) is 32.8 Å². The first-order valence-electron chi connectivity index (χ1n) is 7.99. The lowest BCUT2D eigenvalue weighted by Gasteiger charge is -2.12. The zero-order valence-electron chi connectivity index (χ0n) is 14.9. The van der Waals surface area contributed by atoms with Crippen LogP contribution in [0, 0.1) is 0 Å². The lowest BCUT2D eigenvalue weighted by Crippen LogP contribution is -2.21. The molecule has 2 aromatic carbocycles. The molecule has 0 heterocycles. The fourth-order valence-electron chi connectivity index (χ4n) is 2.16. The summed E-state index contributed by atoms with van der Waals surface area (Å²) < 4.78 is 20.6. The Kier molecular flexibility index (Phi) is 6.84. The zero-order chi connectivity index (χ0) is 18.9. The lowest BCUT2D eigenvalue weighted by atomic mass is 10.2. The van der Waals surface area contributed by atoms with E-state index in [2.05, 4.69) is 5.32 Å². The minimum atomic E-state index is -0.593. The molecule has 0 atom stereocenters. The van der Waals surface area contributed by atoms with Crippen LogP contribution >= 0.6 is 0 Å². The first kappa shape index (κ1) is 19.1.